The molecule has 1 aromatic heterocycles. The van der Waals surface area contributed by atoms with E-state index in [1.54, 1.807) is 0 Å². The molecular formula is C20H24N2O4. The highest BCUT2D eigenvalue weighted by Crippen LogP contribution is 2.26. The molecule has 3 N–H and O–H groups in total. The zero-order chi connectivity index (χ0) is 19.3. The van der Waals surface area contributed by atoms with Crippen molar-refractivity contribution in [1.82, 2.24) is 4.98 Å². The summed E-state index contributed by atoms with van der Waals surface area (Å²) < 4.78 is 5.36. The first-order valence-corrected chi connectivity index (χ1v) is 8.39. The van der Waals surface area contributed by atoms with Crippen molar-refractivity contribution in [3.63, 3.8) is 0 Å². The molecule has 1 aromatic carbocycles. The lowest BCUT2D eigenvalue weighted by atomic mass is 9.91. The summed E-state index contributed by atoms with van der Waals surface area (Å²) in [5.74, 6) is -1.74. The van der Waals surface area contributed by atoms with Crippen molar-refractivity contribution >= 4 is 17.8 Å². The number of allylic oxidation sites excluding steroid dienone is 1. The number of amides is 1. The maximum Gasteiger partial charge on any atom is 0.221 e. The van der Waals surface area contributed by atoms with E-state index in [1.165, 1.54) is 12.5 Å². The quantitative estimate of drug-likeness (QED) is 0.585. The van der Waals surface area contributed by atoms with Crippen LogP contribution in [0.1, 0.15) is 44.2 Å². The van der Waals surface area contributed by atoms with Gasteiger partial charge in [0, 0.05) is 23.8 Å². The van der Waals surface area contributed by atoms with E-state index in [0.717, 1.165) is 5.56 Å². The van der Waals surface area contributed by atoms with E-state index in [1.807, 2.05) is 51.1 Å². The van der Waals surface area contributed by atoms with Gasteiger partial charge >= 0.3 is 0 Å². The summed E-state index contributed by atoms with van der Waals surface area (Å²) in [4.78, 5) is 28.1. The first-order valence-electron chi connectivity index (χ1n) is 8.39. The number of aliphatic hydroxyl groups excluding tert-OH is 1. The second kappa shape index (κ2) is 7.99. The molecule has 1 amide bonds. The number of carbonyl (C=O) groups excluding carboxylic acids is 2. The summed E-state index contributed by atoms with van der Waals surface area (Å²) in [5.41, 5.74) is 6.40. The van der Waals surface area contributed by atoms with Crippen molar-refractivity contribution in [2.24, 2.45) is 11.7 Å². The van der Waals surface area contributed by atoms with E-state index < -0.39 is 23.4 Å². The van der Waals surface area contributed by atoms with Crippen LogP contribution in [-0.2, 0) is 21.4 Å². The first-order chi connectivity index (χ1) is 12.2. The van der Waals surface area contributed by atoms with Gasteiger partial charge in [0.15, 0.2) is 17.9 Å². The number of hydrogen-bond acceptors (Lipinski definition) is 5. The Labute approximate surface area is 152 Å². The summed E-state index contributed by atoms with van der Waals surface area (Å²) in [6.07, 6.45) is 2.71. The lowest BCUT2D eigenvalue weighted by Gasteiger charge is -2.15. The summed E-state index contributed by atoms with van der Waals surface area (Å²) in [5, 5.41) is 10.2. The summed E-state index contributed by atoms with van der Waals surface area (Å²) >= 11 is 0. The van der Waals surface area contributed by atoms with Crippen LogP contribution < -0.4 is 5.73 Å². The molecule has 0 spiro atoms. The maximum absolute atomic E-state index is 12.4. The fourth-order valence-corrected chi connectivity index (χ4v) is 2.63. The lowest BCUT2D eigenvalue weighted by molar-refractivity contribution is -0.126. The molecule has 6 nitrogen and oxygen atoms in total. The highest BCUT2D eigenvalue weighted by atomic mass is 16.3. The fraction of sp³-hybridized carbons (Fsp3) is 0.350. The zero-order valence-electron chi connectivity index (χ0n) is 15.2. The SMILES string of the molecule is CC(C)(C)c1ocnc1/C=C(\O)C(=O)C[C@@H](Cc1ccccc1)C(N)=O. The van der Waals surface area contributed by atoms with Gasteiger partial charge in [-0.15, -0.1) is 0 Å². The van der Waals surface area contributed by atoms with E-state index in [4.69, 9.17) is 10.2 Å². The van der Waals surface area contributed by atoms with Crippen molar-refractivity contribution in [2.45, 2.75) is 39.0 Å². The third-order valence-electron chi connectivity index (χ3n) is 3.99. The number of Topliss-reactive ketones (excluding diaryl/α,β-unsaturated/α-hetero) is 1. The normalized spacial score (nSPS) is 13.4. The molecule has 1 atom stereocenters. The zero-order valence-corrected chi connectivity index (χ0v) is 15.2. The maximum atomic E-state index is 12.4. The van der Waals surface area contributed by atoms with Crippen LogP contribution in [0.25, 0.3) is 6.08 Å². The fourth-order valence-electron chi connectivity index (χ4n) is 2.63. The molecule has 0 saturated heterocycles. The minimum Gasteiger partial charge on any atom is -0.504 e. The molecule has 0 radical (unpaired) electrons. The van der Waals surface area contributed by atoms with Crippen LogP contribution in [0.5, 0.6) is 0 Å². The number of nitrogens with two attached hydrogens (primary N) is 1. The molecule has 0 unspecified atom stereocenters. The van der Waals surface area contributed by atoms with Crippen LogP contribution in [0.3, 0.4) is 0 Å². The smallest absolute Gasteiger partial charge is 0.221 e. The Morgan fingerprint density at radius 3 is 2.50 bits per heavy atom. The topological polar surface area (TPSA) is 106 Å². The molecule has 0 bridgehead atoms. The molecule has 0 aliphatic rings. The van der Waals surface area contributed by atoms with E-state index in [-0.39, 0.29) is 11.8 Å². The van der Waals surface area contributed by atoms with Gasteiger partial charge < -0.3 is 15.3 Å². The van der Waals surface area contributed by atoms with Gasteiger partial charge in [-0.3, -0.25) is 9.59 Å². The minimum absolute atomic E-state index is 0.171. The van der Waals surface area contributed by atoms with Crippen LogP contribution in [0.15, 0.2) is 46.9 Å². The second-order valence-corrected chi connectivity index (χ2v) is 7.26. The Hall–Kier alpha value is -2.89. The van der Waals surface area contributed by atoms with Crippen molar-refractivity contribution in [2.75, 3.05) is 0 Å². The standard InChI is InChI=1S/C20H24N2O4/c1-20(2,3)18-15(22-12-26-18)11-17(24)16(23)10-14(19(21)25)9-13-7-5-4-6-8-13/h4-8,11-12,14,24H,9-10H2,1-3H3,(H2,21,25)/b17-11-/t14-/m1/s1. The molecule has 1 heterocycles. The summed E-state index contributed by atoms with van der Waals surface area (Å²) in [6, 6.07) is 9.30. The Morgan fingerprint density at radius 2 is 1.92 bits per heavy atom. The Morgan fingerprint density at radius 1 is 1.27 bits per heavy atom. The molecule has 0 fully saturated rings. The highest BCUT2D eigenvalue weighted by Gasteiger charge is 2.25. The van der Waals surface area contributed by atoms with E-state index in [0.29, 0.717) is 17.9 Å². The van der Waals surface area contributed by atoms with Gasteiger partial charge in [-0.1, -0.05) is 51.1 Å². The van der Waals surface area contributed by atoms with Gasteiger partial charge in [0.2, 0.25) is 5.91 Å². The van der Waals surface area contributed by atoms with Crippen molar-refractivity contribution in [3.8, 4) is 0 Å². The molecule has 138 valence electrons. The molecule has 0 saturated carbocycles. The van der Waals surface area contributed by atoms with Crippen LogP contribution in [0.2, 0.25) is 0 Å². The number of primary amides is 1. The number of ketones is 1. The van der Waals surface area contributed by atoms with Crippen LogP contribution >= 0.6 is 0 Å². The monoisotopic (exact) mass is 356 g/mol. The third-order valence-corrected chi connectivity index (χ3v) is 3.99. The van der Waals surface area contributed by atoms with E-state index >= 15 is 0 Å². The van der Waals surface area contributed by atoms with E-state index in [2.05, 4.69) is 4.98 Å². The van der Waals surface area contributed by atoms with Gasteiger partial charge in [-0.05, 0) is 12.0 Å². The third kappa shape index (κ3) is 5.05. The predicted molar refractivity (Wildman–Crippen MR) is 98.3 cm³/mol. The Bertz CT molecular complexity index is 801. The van der Waals surface area contributed by atoms with Gasteiger partial charge in [0.1, 0.15) is 11.5 Å². The number of rotatable bonds is 7. The minimum atomic E-state index is -0.695. The number of nitrogens with zero attached hydrogens (tertiary/aromatic N) is 1. The van der Waals surface area contributed by atoms with Crippen LogP contribution in [0, 0.1) is 5.92 Å². The second-order valence-electron chi connectivity index (χ2n) is 7.26. The van der Waals surface area contributed by atoms with Crippen molar-refractivity contribution in [3.05, 3.63) is 59.5 Å². The predicted octanol–water partition coefficient (Wildman–Crippen LogP) is 3.17. The number of hydrogen-bond donors (Lipinski definition) is 2. The van der Waals surface area contributed by atoms with Crippen LogP contribution in [0.4, 0.5) is 0 Å². The van der Waals surface area contributed by atoms with Crippen molar-refractivity contribution < 1.29 is 19.1 Å². The number of carbonyl (C=O) groups is 2. The number of aliphatic hydroxyl groups is 1. The average Bonchev–Trinajstić information content (AvgIpc) is 3.03. The van der Waals surface area contributed by atoms with Gasteiger partial charge in [-0.2, -0.15) is 0 Å². The molecule has 2 aromatic rings. The van der Waals surface area contributed by atoms with Gasteiger partial charge in [0.05, 0.1) is 0 Å². The van der Waals surface area contributed by atoms with Gasteiger partial charge in [-0.25, -0.2) is 4.98 Å². The molecule has 6 heteroatoms. The number of oxazole rings is 1. The average molecular weight is 356 g/mol. The summed E-state index contributed by atoms with van der Waals surface area (Å²) in [7, 11) is 0. The van der Waals surface area contributed by atoms with Crippen molar-refractivity contribution in [1.29, 1.82) is 0 Å². The number of benzene rings is 1. The first kappa shape index (κ1) is 19.4. The lowest BCUT2D eigenvalue weighted by Crippen LogP contribution is -2.28. The molecule has 26 heavy (non-hydrogen) atoms. The Balaban J connectivity index is 2.14. The molecule has 0 aliphatic heterocycles. The Kier molecular flexibility index (Phi) is 5.97. The number of aromatic nitrogens is 1. The van der Waals surface area contributed by atoms with Crippen LogP contribution in [-0.4, -0.2) is 21.8 Å². The molecular weight excluding hydrogens is 332 g/mol. The molecule has 2 rings (SSSR count). The largest absolute Gasteiger partial charge is 0.504 e. The molecule has 0 aliphatic carbocycles. The highest BCUT2D eigenvalue weighted by molar-refractivity contribution is 5.99. The van der Waals surface area contributed by atoms with Gasteiger partial charge in [0.25, 0.3) is 0 Å². The summed E-state index contributed by atoms with van der Waals surface area (Å²) in [6.45, 7) is 5.81. The van der Waals surface area contributed by atoms with E-state index in [9.17, 15) is 14.7 Å².